The molecule has 0 fully saturated rings. The SMILES string of the molecule is CC(=O)C#[N+]CCc1c[nH]c2ccccc12.[Cl-]. The van der Waals surface area contributed by atoms with E-state index in [1.807, 2.05) is 24.4 Å². The van der Waals surface area contributed by atoms with Gasteiger partial charge in [0.15, 0.2) is 0 Å². The highest BCUT2D eigenvalue weighted by Gasteiger charge is 2.04. The maximum absolute atomic E-state index is 10.6. The molecule has 0 aliphatic rings. The molecule has 1 aromatic carbocycles. The first-order valence-corrected chi connectivity index (χ1v) is 5.25. The Morgan fingerprint density at radius 2 is 2.18 bits per heavy atom. The van der Waals surface area contributed by atoms with Gasteiger partial charge in [-0.3, -0.25) is 4.79 Å². The molecule has 0 spiro atoms. The predicted octanol–water partition coefficient (Wildman–Crippen LogP) is -0.364. The van der Waals surface area contributed by atoms with Gasteiger partial charge in [-0.25, -0.2) is 0 Å². The van der Waals surface area contributed by atoms with Crippen LogP contribution < -0.4 is 12.4 Å². The molecule has 0 aliphatic carbocycles. The average Bonchev–Trinajstić information content (AvgIpc) is 2.68. The lowest BCUT2D eigenvalue weighted by molar-refractivity contribution is -0.111. The largest absolute Gasteiger partial charge is 1.00 e. The zero-order valence-electron chi connectivity index (χ0n) is 9.53. The third-order valence-corrected chi connectivity index (χ3v) is 2.40. The first-order valence-electron chi connectivity index (χ1n) is 5.25. The number of hydrogen-bond donors (Lipinski definition) is 1. The van der Waals surface area contributed by atoms with Crippen molar-refractivity contribution in [3.8, 4) is 6.07 Å². The van der Waals surface area contributed by atoms with Gasteiger partial charge in [-0.15, -0.1) is 0 Å². The molecule has 1 aromatic heterocycles. The Balaban J connectivity index is 0.00000144. The quantitative estimate of drug-likeness (QED) is 0.724. The molecule has 1 N–H and O–H groups in total. The molecule has 0 saturated carbocycles. The van der Waals surface area contributed by atoms with E-state index >= 15 is 0 Å². The second-order valence-electron chi connectivity index (χ2n) is 3.66. The van der Waals surface area contributed by atoms with Crippen LogP contribution in [0.1, 0.15) is 12.5 Å². The number of fused-ring (bicyclic) bond motifs is 1. The maximum atomic E-state index is 10.6. The number of hydrogen-bond acceptors (Lipinski definition) is 1. The number of nitrogens with one attached hydrogen (secondary N) is 1. The number of aromatic amines is 1. The zero-order chi connectivity index (χ0) is 11.4. The second kappa shape index (κ2) is 6.07. The number of benzene rings is 1. The molecule has 2 rings (SSSR count). The zero-order valence-corrected chi connectivity index (χ0v) is 10.3. The fourth-order valence-corrected chi connectivity index (χ4v) is 1.68. The molecule has 0 bridgehead atoms. The van der Waals surface area contributed by atoms with E-state index in [0.717, 1.165) is 11.9 Å². The number of H-pyrrole nitrogens is 1. The van der Waals surface area contributed by atoms with E-state index in [2.05, 4.69) is 22.0 Å². The summed E-state index contributed by atoms with van der Waals surface area (Å²) < 4.78 is 0. The van der Waals surface area contributed by atoms with Crippen molar-refractivity contribution in [2.75, 3.05) is 6.54 Å². The van der Waals surface area contributed by atoms with Crippen molar-refractivity contribution in [2.45, 2.75) is 13.3 Å². The van der Waals surface area contributed by atoms with E-state index in [0.29, 0.717) is 6.54 Å². The number of carbonyl (C=O) groups excluding carboxylic acids is 1. The summed E-state index contributed by atoms with van der Waals surface area (Å²) in [4.78, 5) is 17.8. The smallest absolute Gasteiger partial charge is 0.350 e. The lowest BCUT2D eigenvalue weighted by atomic mass is 10.1. The Hall–Kier alpha value is -1.79. The van der Waals surface area contributed by atoms with E-state index in [-0.39, 0.29) is 18.2 Å². The van der Waals surface area contributed by atoms with Gasteiger partial charge >= 0.3 is 6.07 Å². The molecule has 17 heavy (non-hydrogen) atoms. The Bertz CT molecular complexity index is 578. The Kier molecular flexibility index (Phi) is 4.74. The molecule has 0 aliphatic heterocycles. The molecule has 0 atom stereocenters. The highest BCUT2D eigenvalue weighted by molar-refractivity contribution is 5.92. The standard InChI is InChI=1S/C13H12N2O.ClH/c1-10(16)8-14-7-6-11-9-15-13-5-3-2-4-12(11)13;/h2-5,9H,6-7H2,1H3;1H. The summed E-state index contributed by atoms with van der Waals surface area (Å²) in [6.07, 6.45) is 2.82. The number of rotatable bonds is 2. The minimum absolute atomic E-state index is 0. The number of ketones is 1. The van der Waals surface area contributed by atoms with Crippen molar-refractivity contribution < 1.29 is 17.2 Å². The van der Waals surface area contributed by atoms with Crippen molar-refractivity contribution in [1.29, 1.82) is 0 Å². The van der Waals surface area contributed by atoms with Gasteiger partial charge in [0.1, 0.15) is 0 Å². The molecule has 0 unspecified atom stereocenters. The molecule has 0 amide bonds. The van der Waals surface area contributed by atoms with Gasteiger partial charge in [-0.05, 0) is 11.6 Å². The fraction of sp³-hybridized carbons (Fsp3) is 0.231. The van der Waals surface area contributed by atoms with Crippen molar-refractivity contribution in [3.63, 3.8) is 0 Å². The highest BCUT2D eigenvalue weighted by atomic mass is 35.5. The summed E-state index contributed by atoms with van der Waals surface area (Å²) in [5.41, 5.74) is 2.36. The van der Waals surface area contributed by atoms with Gasteiger partial charge in [-0.2, -0.15) is 0 Å². The molecule has 0 saturated heterocycles. The average molecular weight is 249 g/mol. The van der Waals surface area contributed by atoms with Crippen molar-refractivity contribution in [1.82, 2.24) is 4.98 Å². The van der Waals surface area contributed by atoms with Gasteiger partial charge in [-0.1, -0.05) is 23.0 Å². The third-order valence-electron chi connectivity index (χ3n) is 2.40. The monoisotopic (exact) mass is 248 g/mol. The van der Waals surface area contributed by atoms with Crippen LogP contribution in [-0.2, 0) is 11.2 Å². The number of Topliss-reactive ketones (excluding diaryl/α,β-unsaturated/α-hetero) is 1. The number of para-hydroxylation sites is 1. The number of halogens is 1. The summed E-state index contributed by atoms with van der Waals surface area (Å²) in [6.45, 7) is 2.05. The molecular formula is C13H13ClN2O. The summed E-state index contributed by atoms with van der Waals surface area (Å²) >= 11 is 0. The van der Waals surface area contributed by atoms with E-state index < -0.39 is 0 Å². The van der Waals surface area contributed by atoms with E-state index in [4.69, 9.17) is 0 Å². The van der Waals surface area contributed by atoms with Crippen LogP contribution in [0.2, 0.25) is 0 Å². The molecule has 3 nitrogen and oxygen atoms in total. The van der Waals surface area contributed by atoms with Crippen molar-refractivity contribution in [2.24, 2.45) is 0 Å². The lowest BCUT2D eigenvalue weighted by Gasteiger charge is -1.90. The third kappa shape index (κ3) is 3.33. The first-order chi connectivity index (χ1) is 7.77. The number of aromatic nitrogens is 1. The van der Waals surface area contributed by atoms with Gasteiger partial charge in [0.25, 0.3) is 12.3 Å². The minimum Gasteiger partial charge on any atom is -1.00 e. The van der Waals surface area contributed by atoms with E-state index in [1.165, 1.54) is 17.9 Å². The van der Waals surface area contributed by atoms with E-state index in [1.54, 1.807) is 0 Å². The Morgan fingerprint density at radius 3 is 2.94 bits per heavy atom. The Morgan fingerprint density at radius 1 is 1.41 bits per heavy atom. The normalized spacial score (nSPS) is 9.24. The molecule has 0 radical (unpaired) electrons. The van der Waals surface area contributed by atoms with E-state index in [9.17, 15) is 4.79 Å². The molecule has 2 aromatic rings. The van der Waals surface area contributed by atoms with Crippen LogP contribution in [0.15, 0.2) is 30.5 Å². The summed E-state index contributed by atoms with van der Waals surface area (Å²) in [5.74, 6) is -0.126. The first kappa shape index (κ1) is 13.3. The van der Waals surface area contributed by atoms with Crippen LogP contribution in [-0.4, -0.2) is 17.3 Å². The van der Waals surface area contributed by atoms with Gasteiger partial charge < -0.3 is 17.4 Å². The fourth-order valence-electron chi connectivity index (χ4n) is 1.68. The van der Waals surface area contributed by atoms with Gasteiger partial charge in [0.2, 0.25) is 0 Å². The second-order valence-corrected chi connectivity index (χ2v) is 3.66. The molecular weight excluding hydrogens is 236 g/mol. The number of carbonyl (C=O) groups is 1. The van der Waals surface area contributed by atoms with Crippen LogP contribution in [0.3, 0.4) is 0 Å². The topological polar surface area (TPSA) is 37.2 Å². The van der Waals surface area contributed by atoms with Crippen LogP contribution in [0, 0.1) is 6.07 Å². The predicted molar refractivity (Wildman–Crippen MR) is 64.8 cm³/mol. The van der Waals surface area contributed by atoms with Crippen LogP contribution in [0.5, 0.6) is 0 Å². The number of nitrogens with zero attached hydrogens (tertiary/aromatic N) is 1. The van der Waals surface area contributed by atoms with Crippen LogP contribution >= 0.6 is 0 Å². The molecule has 1 heterocycles. The minimum atomic E-state index is -0.126. The molecule has 88 valence electrons. The maximum Gasteiger partial charge on any atom is 0.350 e. The van der Waals surface area contributed by atoms with Gasteiger partial charge in [0, 0.05) is 24.0 Å². The van der Waals surface area contributed by atoms with Crippen molar-refractivity contribution >= 4 is 16.7 Å². The summed E-state index contributed by atoms with van der Waals surface area (Å²) in [7, 11) is 0. The summed E-state index contributed by atoms with van der Waals surface area (Å²) in [5, 5.41) is 1.22. The Labute approximate surface area is 106 Å². The molecule has 4 heteroatoms. The van der Waals surface area contributed by atoms with Gasteiger partial charge in [0.05, 0.1) is 6.42 Å². The summed E-state index contributed by atoms with van der Waals surface area (Å²) in [6, 6.07) is 10.6. The lowest BCUT2D eigenvalue weighted by Crippen LogP contribution is -3.00. The van der Waals surface area contributed by atoms with Crippen LogP contribution in [0.25, 0.3) is 15.7 Å². The van der Waals surface area contributed by atoms with Crippen molar-refractivity contribution in [3.05, 3.63) is 40.9 Å². The highest BCUT2D eigenvalue weighted by Crippen LogP contribution is 2.17. The van der Waals surface area contributed by atoms with Crippen LogP contribution in [0.4, 0.5) is 0 Å².